The van der Waals surface area contributed by atoms with Gasteiger partial charge >= 0.3 is 0 Å². The second-order valence-electron chi connectivity index (χ2n) is 3.10. The first-order valence-electron chi connectivity index (χ1n) is 4.20. The van der Waals surface area contributed by atoms with Crippen LogP contribution >= 0.6 is 11.3 Å². The summed E-state index contributed by atoms with van der Waals surface area (Å²) in [7, 11) is 0. The van der Waals surface area contributed by atoms with Crippen LogP contribution < -0.4 is 0 Å². The third kappa shape index (κ3) is 1.50. The molecule has 1 saturated heterocycles. The summed E-state index contributed by atoms with van der Waals surface area (Å²) in [5.41, 5.74) is 1.34. The third-order valence-electron chi connectivity index (χ3n) is 2.18. The molecule has 1 N–H and O–H groups in total. The second-order valence-corrected chi connectivity index (χ2v) is 3.88. The summed E-state index contributed by atoms with van der Waals surface area (Å²) in [6.07, 6.45) is 2.12. The van der Waals surface area contributed by atoms with Gasteiger partial charge in [-0.3, -0.25) is 5.41 Å². The molecule has 0 unspecified atom stereocenters. The van der Waals surface area contributed by atoms with E-state index in [1.165, 1.54) is 5.56 Å². The van der Waals surface area contributed by atoms with Gasteiger partial charge in [0.25, 0.3) is 0 Å². The second kappa shape index (κ2) is 3.27. The fourth-order valence-corrected chi connectivity index (χ4v) is 2.17. The lowest BCUT2D eigenvalue weighted by atomic mass is 10.3. The first kappa shape index (κ1) is 7.80. The number of nitrogens with zero attached hydrogens (tertiary/aromatic N) is 1. The number of nitrogens with one attached hydrogen (secondary N) is 1. The van der Waals surface area contributed by atoms with Crippen molar-refractivity contribution in [3.05, 3.63) is 22.4 Å². The minimum absolute atomic E-state index is 0.807. The zero-order valence-electron chi connectivity index (χ0n) is 6.92. The predicted molar refractivity (Wildman–Crippen MR) is 51.7 cm³/mol. The van der Waals surface area contributed by atoms with Gasteiger partial charge < -0.3 is 4.90 Å². The molecule has 0 saturated carbocycles. The standard InChI is InChI=1S/C9H12N2S/c10-9-2-1-4-11(9)6-8-3-5-12-7-8/h3,5,7,10H,1-2,4,6H2. The van der Waals surface area contributed by atoms with Gasteiger partial charge in [0.05, 0.1) is 5.84 Å². The van der Waals surface area contributed by atoms with Gasteiger partial charge in [0.15, 0.2) is 0 Å². The summed E-state index contributed by atoms with van der Waals surface area (Å²) < 4.78 is 0. The van der Waals surface area contributed by atoms with Crippen LogP contribution in [0.25, 0.3) is 0 Å². The van der Waals surface area contributed by atoms with Crippen LogP contribution in [0.3, 0.4) is 0 Å². The first-order valence-corrected chi connectivity index (χ1v) is 5.14. The predicted octanol–water partition coefficient (Wildman–Crippen LogP) is 2.32. The molecule has 1 aromatic rings. The molecule has 2 rings (SSSR count). The normalized spacial score (nSPS) is 17.3. The summed E-state index contributed by atoms with van der Waals surface area (Å²) in [4.78, 5) is 2.15. The lowest BCUT2D eigenvalue weighted by Crippen LogP contribution is -2.22. The third-order valence-corrected chi connectivity index (χ3v) is 2.91. The van der Waals surface area contributed by atoms with Crippen LogP contribution in [-0.2, 0) is 6.54 Å². The van der Waals surface area contributed by atoms with Crippen molar-refractivity contribution in [1.29, 1.82) is 5.41 Å². The molecule has 0 amide bonds. The highest BCUT2D eigenvalue weighted by atomic mass is 32.1. The van der Waals surface area contributed by atoms with Crippen molar-refractivity contribution in [2.45, 2.75) is 19.4 Å². The number of thiophene rings is 1. The summed E-state index contributed by atoms with van der Waals surface area (Å²) >= 11 is 1.73. The highest BCUT2D eigenvalue weighted by Gasteiger charge is 2.16. The molecule has 3 heteroatoms. The Morgan fingerprint density at radius 2 is 2.50 bits per heavy atom. The summed E-state index contributed by atoms with van der Waals surface area (Å²) in [5, 5.41) is 11.9. The highest BCUT2D eigenvalue weighted by Crippen LogP contribution is 2.15. The maximum absolute atomic E-state index is 7.64. The minimum atomic E-state index is 0.807. The molecule has 0 atom stereocenters. The van der Waals surface area contributed by atoms with E-state index >= 15 is 0 Å². The molecule has 0 aliphatic carbocycles. The van der Waals surface area contributed by atoms with E-state index in [4.69, 9.17) is 5.41 Å². The monoisotopic (exact) mass is 180 g/mol. The van der Waals surface area contributed by atoms with Gasteiger partial charge in [-0.25, -0.2) is 0 Å². The molecule has 0 aromatic carbocycles. The molecule has 2 heterocycles. The maximum Gasteiger partial charge on any atom is 0.0961 e. The van der Waals surface area contributed by atoms with Gasteiger partial charge in [0.2, 0.25) is 0 Å². The van der Waals surface area contributed by atoms with E-state index in [0.717, 1.165) is 31.8 Å². The Bertz CT molecular complexity index is 266. The summed E-state index contributed by atoms with van der Waals surface area (Å²) in [6.45, 7) is 2.00. The SMILES string of the molecule is N=C1CCCN1Cc1ccsc1. The Kier molecular flexibility index (Phi) is 2.13. The Balaban J connectivity index is 1.99. The summed E-state index contributed by atoms with van der Waals surface area (Å²) in [5.74, 6) is 0.807. The topological polar surface area (TPSA) is 27.1 Å². The first-order chi connectivity index (χ1) is 5.86. The largest absolute Gasteiger partial charge is 0.356 e. The quantitative estimate of drug-likeness (QED) is 0.743. The fourth-order valence-electron chi connectivity index (χ4n) is 1.51. The van der Waals surface area contributed by atoms with Crippen molar-refractivity contribution < 1.29 is 0 Å². The lowest BCUT2D eigenvalue weighted by molar-refractivity contribution is 0.447. The van der Waals surface area contributed by atoms with Crippen LogP contribution in [0.5, 0.6) is 0 Å². The number of hydrogen-bond donors (Lipinski definition) is 1. The van der Waals surface area contributed by atoms with E-state index < -0.39 is 0 Å². The van der Waals surface area contributed by atoms with Crippen LogP contribution in [0.1, 0.15) is 18.4 Å². The van der Waals surface area contributed by atoms with Crippen LogP contribution in [0.2, 0.25) is 0 Å². The van der Waals surface area contributed by atoms with Crippen LogP contribution in [0.15, 0.2) is 16.8 Å². The zero-order chi connectivity index (χ0) is 8.39. The van der Waals surface area contributed by atoms with Crippen molar-refractivity contribution in [2.24, 2.45) is 0 Å². The molecule has 0 radical (unpaired) electrons. The van der Waals surface area contributed by atoms with Crippen LogP contribution in [0.4, 0.5) is 0 Å². The molecule has 1 fully saturated rings. The number of hydrogen-bond acceptors (Lipinski definition) is 2. The zero-order valence-corrected chi connectivity index (χ0v) is 7.73. The van der Waals surface area contributed by atoms with Gasteiger partial charge in [-0.1, -0.05) is 0 Å². The van der Waals surface area contributed by atoms with Gasteiger partial charge in [-0.15, -0.1) is 0 Å². The Labute approximate surface area is 76.3 Å². The average Bonchev–Trinajstić information content (AvgIpc) is 2.65. The average molecular weight is 180 g/mol. The van der Waals surface area contributed by atoms with E-state index in [-0.39, 0.29) is 0 Å². The van der Waals surface area contributed by atoms with Crippen molar-refractivity contribution >= 4 is 17.2 Å². The van der Waals surface area contributed by atoms with Crippen molar-refractivity contribution in [3.63, 3.8) is 0 Å². The smallest absolute Gasteiger partial charge is 0.0961 e. The van der Waals surface area contributed by atoms with Crippen molar-refractivity contribution in [1.82, 2.24) is 4.90 Å². The van der Waals surface area contributed by atoms with Gasteiger partial charge in [-0.05, 0) is 28.8 Å². The lowest BCUT2D eigenvalue weighted by Gasteiger charge is -2.16. The molecule has 2 nitrogen and oxygen atoms in total. The van der Waals surface area contributed by atoms with Crippen molar-refractivity contribution in [3.8, 4) is 0 Å². The summed E-state index contributed by atoms with van der Waals surface area (Å²) in [6, 6.07) is 2.14. The molecule has 64 valence electrons. The van der Waals surface area contributed by atoms with E-state index in [1.807, 2.05) is 0 Å². The van der Waals surface area contributed by atoms with E-state index in [2.05, 4.69) is 21.7 Å². The van der Waals surface area contributed by atoms with Gasteiger partial charge in [-0.2, -0.15) is 11.3 Å². The van der Waals surface area contributed by atoms with Crippen molar-refractivity contribution in [2.75, 3.05) is 6.54 Å². The number of amidine groups is 1. The molecule has 0 spiro atoms. The van der Waals surface area contributed by atoms with E-state index in [0.29, 0.717) is 0 Å². The molecule has 1 aliphatic rings. The molecule has 12 heavy (non-hydrogen) atoms. The molecule has 1 aliphatic heterocycles. The maximum atomic E-state index is 7.64. The van der Waals surface area contributed by atoms with Crippen LogP contribution in [-0.4, -0.2) is 17.3 Å². The molecule has 1 aromatic heterocycles. The minimum Gasteiger partial charge on any atom is -0.356 e. The number of rotatable bonds is 2. The Morgan fingerprint density at radius 1 is 1.58 bits per heavy atom. The molecule has 0 bridgehead atoms. The Hall–Kier alpha value is -0.830. The van der Waals surface area contributed by atoms with E-state index in [1.54, 1.807) is 11.3 Å². The fraction of sp³-hybridized carbons (Fsp3) is 0.444. The van der Waals surface area contributed by atoms with Gasteiger partial charge in [0, 0.05) is 19.5 Å². The van der Waals surface area contributed by atoms with E-state index in [9.17, 15) is 0 Å². The number of likely N-dealkylation sites (tertiary alicyclic amines) is 1. The molecular formula is C9H12N2S. The van der Waals surface area contributed by atoms with Crippen LogP contribution in [0, 0.1) is 5.41 Å². The van der Waals surface area contributed by atoms with Gasteiger partial charge in [0.1, 0.15) is 0 Å². The highest BCUT2D eigenvalue weighted by molar-refractivity contribution is 7.07. The Morgan fingerprint density at radius 3 is 3.08 bits per heavy atom. The molecular weight excluding hydrogens is 168 g/mol.